The van der Waals surface area contributed by atoms with Crippen molar-refractivity contribution in [2.45, 2.75) is 32.6 Å². The van der Waals surface area contributed by atoms with Gasteiger partial charge in [-0.1, -0.05) is 32.4 Å². The van der Waals surface area contributed by atoms with Crippen molar-refractivity contribution in [3.63, 3.8) is 0 Å². The minimum atomic E-state index is -0.117. The average Bonchev–Trinajstić information content (AvgIpc) is 2.63. The van der Waals surface area contributed by atoms with Crippen molar-refractivity contribution >= 4 is 17.4 Å². The maximum absolute atomic E-state index is 9.06. The molecule has 21 heavy (non-hydrogen) atoms. The molecular formula is C15H25ClN4O. The van der Waals surface area contributed by atoms with E-state index in [9.17, 15) is 0 Å². The summed E-state index contributed by atoms with van der Waals surface area (Å²) in [5.41, 5.74) is -0.117. The molecule has 0 atom stereocenters. The Balaban J connectivity index is 2.16. The van der Waals surface area contributed by atoms with Gasteiger partial charge in [-0.3, -0.25) is 4.90 Å². The molecule has 1 N–H and O–H groups in total. The predicted molar refractivity (Wildman–Crippen MR) is 86.1 cm³/mol. The second-order valence-electron chi connectivity index (χ2n) is 6.53. The summed E-state index contributed by atoms with van der Waals surface area (Å²) in [6.07, 6.45) is 1.06. The van der Waals surface area contributed by atoms with Crippen LogP contribution in [0, 0.1) is 0 Å². The third-order valence-electron chi connectivity index (χ3n) is 3.68. The maximum Gasteiger partial charge on any atom is 0.137 e. The van der Waals surface area contributed by atoms with Crippen molar-refractivity contribution in [3.05, 3.63) is 17.0 Å². The van der Waals surface area contributed by atoms with Gasteiger partial charge in [0.25, 0.3) is 0 Å². The summed E-state index contributed by atoms with van der Waals surface area (Å²) >= 11 is 6.17. The van der Waals surface area contributed by atoms with E-state index in [2.05, 4.69) is 35.6 Å². The fourth-order valence-electron chi connectivity index (χ4n) is 2.47. The number of halogens is 1. The standard InChI is InChI=1S/C15H25ClN4O/c1-15(2,3)14-17-12(16)11-13(18-14)20-6-4-5-19(7-8-20)9-10-21/h11,21H,4-10H2,1-3H3. The molecule has 1 fully saturated rings. The van der Waals surface area contributed by atoms with Crippen LogP contribution in [0.4, 0.5) is 5.82 Å². The summed E-state index contributed by atoms with van der Waals surface area (Å²) in [6, 6.07) is 1.85. The van der Waals surface area contributed by atoms with Crippen LogP contribution in [-0.4, -0.2) is 59.3 Å². The summed E-state index contributed by atoms with van der Waals surface area (Å²) < 4.78 is 0. The first-order valence-corrected chi connectivity index (χ1v) is 7.91. The molecule has 0 aromatic carbocycles. The highest BCUT2D eigenvalue weighted by molar-refractivity contribution is 6.29. The van der Waals surface area contributed by atoms with E-state index in [1.807, 2.05) is 6.07 Å². The first-order valence-electron chi connectivity index (χ1n) is 7.53. The molecule has 1 saturated heterocycles. The molecule has 0 unspecified atom stereocenters. The lowest BCUT2D eigenvalue weighted by molar-refractivity contribution is 0.204. The lowest BCUT2D eigenvalue weighted by atomic mass is 9.96. The van der Waals surface area contributed by atoms with Gasteiger partial charge in [-0.25, -0.2) is 9.97 Å². The molecule has 6 heteroatoms. The third kappa shape index (κ3) is 4.53. The molecule has 2 heterocycles. The van der Waals surface area contributed by atoms with E-state index in [1.165, 1.54) is 0 Å². The van der Waals surface area contributed by atoms with Gasteiger partial charge in [0, 0.05) is 37.7 Å². The molecule has 2 rings (SSSR count). The first kappa shape index (κ1) is 16.5. The Morgan fingerprint density at radius 2 is 1.95 bits per heavy atom. The third-order valence-corrected chi connectivity index (χ3v) is 3.87. The van der Waals surface area contributed by atoms with Crippen LogP contribution in [0.25, 0.3) is 0 Å². The van der Waals surface area contributed by atoms with Gasteiger partial charge in [0.2, 0.25) is 0 Å². The number of nitrogens with zero attached hydrogens (tertiary/aromatic N) is 4. The van der Waals surface area contributed by atoms with E-state index < -0.39 is 0 Å². The number of rotatable bonds is 3. The average molecular weight is 313 g/mol. The summed E-state index contributed by atoms with van der Waals surface area (Å²) in [4.78, 5) is 13.6. The van der Waals surface area contributed by atoms with Crippen molar-refractivity contribution in [1.29, 1.82) is 0 Å². The smallest absolute Gasteiger partial charge is 0.137 e. The van der Waals surface area contributed by atoms with Crippen LogP contribution in [0.5, 0.6) is 0 Å². The molecule has 0 saturated carbocycles. The van der Waals surface area contributed by atoms with Crippen molar-refractivity contribution in [2.24, 2.45) is 0 Å². The van der Waals surface area contributed by atoms with Gasteiger partial charge >= 0.3 is 0 Å². The van der Waals surface area contributed by atoms with E-state index in [0.717, 1.165) is 50.8 Å². The van der Waals surface area contributed by atoms with Gasteiger partial charge < -0.3 is 10.0 Å². The second-order valence-corrected chi connectivity index (χ2v) is 6.92. The van der Waals surface area contributed by atoms with Crippen LogP contribution in [-0.2, 0) is 5.41 Å². The summed E-state index contributed by atoms with van der Waals surface area (Å²) in [6.45, 7) is 11.0. The largest absolute Gasteiger partial charge is 0.395 e. The normalized spacial score (nSPS) is 17.9. The van der Waals surface area contributed by atoms with Crippen LogP contribution in [0.1, 0.15) is 33.0 Å². The Labute approximate surface area is 131 Å². The lowest BCUT2D eigenvalue weighted by Crippen LogP contribution is -2.33. The summed E-state index contributed by atoms with van der Waals surface area (Å²) in [7, 11) is 0. The molecule has 5 nitrogen and oxygen atoms in total. The molecule has 118 valence electrons. The molecule has 0 amide bonds. The van der Waals surface area contributed by atoms with E-state index >= 15 is 0 Å². The monoisotopic (exact) mass is 312 g/mol. The highest BCUT2D eigenvalue weighted by atomic mass is 35.5. The number of aliphatic hydroxyl groups excluding tert-OH is 1. The van der Waals surface area contributed by atoms with E-state index in [1.54, 1.807) is 0 Å². The van der Waals surface area contributed by atoms with Gasteiger partial charge in [0.05, 0.1) is 6.61 Å². The zero-order valence-corrected chi connectivity index (χ0v) is 13.9. The molecule has 0 radical (unpaired) electrons. The molecule has 1 aliphatic rings. The molecule has 0 aliphatic carbocycles. The lowest BCUT2D eigenvalue weighted by Gasteiger charge is -2.25. The second kappa shape index (κ2) is 6.90. The van der Waals surface area contributed by atoms with E-state index in [4.69, 9.17) is 21.7 Å². The molecule has 0 spiro atoms. The number of aliphatic hydroxyl groups is 1. The van der Waals surface area contributed by atoms with Gasteiger partial charge in [0.15, 0.2) is 0 Å². The number of anilines is 1. The van der Waals surface area contributed by atoms with Gasteiger partial charge in [-0.15, -0.1) is 0 Å². The predicted octanol–water partition coefficient (Wildman–Crippen LogP) is 1.93. The Morgan fingerprint density at radius 3 is 2.62 bits per heavy atom. The van der Waals surface area contributed by atoms with Gasteiger partial charge in [0.1, 0.15) is 16.8 Å². The minimum absolute atomic E-state index is 0.117. The number of hydrogen-bond acceptors (Lipinski definition) is 5. The van der Waals surface area contributed by atoms with E-state index in [-0.39, 0.29) is 12.0 Å². The van der Waals surface area contributed by atoms with E-state index in [0.29, 0.717) is 5.15 Å². The number of aromatic nitrogens is 2. The zero-order chi connectivity index (χ0) is 15.5. The topological polar surface area (TPSA) is 52.5 Å². The molecule has 0 bridgehead atoms. The van der Waals surface area contributed by atoms with Crippen molar-refractivity contribution in [1.82, 2.24) is 14.9 Å². The summed E-state index contributed by atoms with van der Waals surface area (Å²) in [5.74, 6) is 1.69. The summed E-state index contributed by atoms with van der Waals surface area (Å²) in [5, 5.41) is 9.56. The van der Waals surface area contributed by atoms with Crippen LogP contribution < -0.4 is 4.90 Å². The Hall–Kier alpha value is -0.910. The Kier molecular flexibility index (Phi) is 5.41. The molecular weight excluding hydrogens is 288 g/mol. The molecule has 1 aromatic rings. The fraction of sp³-hybridized carbons (Fsp3) is 0.733. The number of hydrogen-bond donors (Lipinski definition) is 1. The zero-order valence-electron chi connectivity index (χ0n) is 13.1. The quantitative estimate of drug-likeness (QED) is 0.864. The van der Waals surface area contributed by atoms with Crippen LogP contribution in [0.3, 0.4) is 0 Å². The van der Waals surface area contributed by atoms with Crippen molar-refractivity contribution < 1.29 is 5.11 Å². The fourth-order valence-corrected chi connectivity index (χ4v) is 2.65. The van der Waals surface area contributed by atoms with Gasteiger partial charge in [-0.2, -0.15) is 0 Å². The Morgan fingerprint density at radius 1 is 1.19 bits per heavy atom. The highest BCUT2D eigenvalue weighted by Gasteiger charge is 2.22. The first-order chi connectivity index (χ1) is 9.90. The Bertz CT molecular complexity index is 475. The molecule has 1 aromatic heterocycles. The highest BCUT2D eigenvalue weighted by Crippen LogP contribution is 2.24. The van der Waals surface area contributed by atoms with Crippen molar-refractivity contribution in [3.8, 4) is 0 Å². The SMILES string of the molecule is CC(C)(C)c1nc(Cl)cc(N2CCCN(CCO)CC2)n1. The van der Waals surface area contributed by atoms with Crippen LogP contribution in [0.2, 0.25) is 5.15 Å². The van der Waals surface area contributed by atoms with Crippen LogP contribution in [0.15, 0.2) is 6.07 Å². The van der Waals surface area contributed by atoms with Crippen molar-refractivity contribution in [2.75, 3.05) is 44.2 Å². The number of β-amino-alcohol motifs (C(OH)–C–C–N with tert-alkyl or cyclic N) is 1. The van der Waals surface area contributed by atoms with Gasteiger partial charge in [-0.05, 0) is 13.0 Å². The van der Waals surface area contributed by atoms with Crippen LogP contribution >= 0.6 is 11.6 Å². The molecule has 1 aliphatic heterocycles. The minimum Gasteiger partial charge on any atom is -0.395 e. The maximum atomic E-state index is 9.06.